The van der Waals surface area contributed by atoms with Gasteiger partial charge in [-0.15, -0.1) is 0 Å². The molecule has 0 aliphatic carbocycles. The fraction of sp³-hybridized carbons (Fsp3) is 0.550. The summed E-state index contributed by atoms with van der Waals surface area (Å²) in [6.45, 7) is 4.08. The number of hydrogen-bond acceptors (Lipinski definition) is 6. The zero-order chi connectivity index (χ0) is 20.5. The van der Waals surface area contributed by atoms with Gasteiger partial charge in [0.1, 0.15) is 11.3 Å². The van der Waals surface area contributed by atoms with Crippen LogP contribution in [0.1, 0.15) is 35.7 Å². The van der Waals surface area contributed by atoms with Crippen LogP contribution in [0.15, 0.2) is 23.2 Å². The molecular formula is C20H29N3O5. The molecule has 1 aromatic carbocycles. The van der Waals surface area contributed by atoms with Crippen molar-refractivity contribution in [3.63, 3.8) is 0 Å². The van der Waals surface area contributed by atoms with Crippen molar-refractivity contribution in [2.24, 2.45) is 10.9 Å². The average Bonchev–Trinajstić information content (AvgIpc) is 2.73. The van der Waals surface area contributed by atoms with Gasteiger partial charge in [0.25, 0.3) is 0 Å². The second-order valence-electron chi connectivity index (χ2n) is 6.46. The molecule has 1 N–H and O–H groups in total. The van der Waals surface area contributed by atoms with Crippen LogP contribution in [-0.2, 0) is 20.8 Å². The van der Waals surface area contributed by atoms with Gasteiger partial charge in [0.2, 0.25) is 0 Å². The Labute approximate surface area is 165 Å². The Morgan fingerprint density at radius 3 is 2.75 bits per heavy atom. The van der Waals surface area contributed by atoms with Crippen LogP contribution in [0.3, 0.4) is 0 Å². The molecule has 0 saturated carbocycles. The monoisotopic (exact) mass is 391 g/mol. The van der Waals surface area contributed by atoms with Gasteiger partial charge in [-0.3, -0.25) is 9.79 Å². The third-order valence-corrected chi connectivity index (χ3v) is 4.67. The lowest BCUT2D eigenvalue weighted by Gasteiger charge is -2.34. The Bertz CT molecular complexity index is 720. The van der Waals surface area contributed by atoms with Crippen molar-refractivity contribution < 1.29 is 23.8 Å². The third kappa shape index (κ3) is 5.37. The minimum absolute atomic E-state index is 0.140. The lowest BCUT2D eigenvalue weighted by atomic mass is 9.98. The van der Waals surface area contributed by atoms with E-state index in [1.54, 1.807) is 19.2 Å². The number of esters is 2. The highest BCUT2D eigenvalue weighted by Gasteiger charge is 2.28. The lowest BCUT2D eigenvalue weighted by molar-refractivity contribution is -0.149. The number of guanidine groups is 1. The number of methoxy groups -OCH3 is 2. The molecule has 1 unspecified atom stereocenters. The fourth-order valence-electron chi connectivity index (χ4n) is 3.27. The summed E-state index contributed by atoms with van der Waals surface area (Å²) in [6, 6.07) is 5.36. The summed E-state index contributed by atoms with van der Waals surface area (Å²) in [6.07, 6.45) is 1.73. The van der Waals surface area contributed by atoms with E-state index in [0.717, 1.165) is 24.9 Å². The van der Waals surface area contributed by atoms with Crippen LogP contribution in [-0.4, -0.2) is 63.8 Å². The van der Waals surface area contributed by atoms with Crippen LogP contribution in [0.5, 0.6) is 5.75 Å². The smallest absolute Gasteiger partial charge is 0.341 e. The van der Waals surface area contributed by atoms with Gasteiger partial charge in [0, 0.05) is 26.7 Å². The number of likely N-dealkylation sites (tertiary alicyclic amines) is 1. The highest BCUT2D eigenvalue weighted by molar-refractivity contribution is 5.92. The largest absolute Gasteiger partial charge is 0.496 e. The molecule has 2 rings (SSSR count). The van der Waals surface area contributed by atoms with Gasteiger partial charge < -0.3 is 24.4 Å². The van der Waals surface area contributed by atoms with E-state index in [0.29, 0.717) is 37.0 Å². The Balaban J connectivity index is 2.04. The molecule has 0 amide bonds. The quantitative estimate of drug-likeness (QED) is 0.449. The summed E-state index contributed by atoms with van der Waals surface area (Å²) in [5, 5.41) is 3.30. The van der Waals surface area contributed by atoms with E-state index in [1.807, 2.05) is 13.0 Å². The first-order valence-corrected chi connectivity index (χ1v) is 9.41. The van der Waals surface area contributed by atoms with Crippen LogP contribution in [0.25, 0.3) is 0 Å². The number of benzene rings is 1. The number of rotatable bonds is 6. The minimum atomic E-state index is -0.448. The van der Waals surface area contributed by atoms with Gasteiger partial charge >= 0.3 is 11.9 Å². The first-order valence-electron chi connectivity index (χ1n) is 9.41. The van der Waals surface area contributed by atoms with E-state index in [2.05, 4.69) is 15.2 Å². The fourth-order valence-corrected chi connectivity index (χ4v) is 3.27. The molecule has 1 atom stereocenters. The predicted molar refractivity (Wildman–Crippen MR) is 105 cm³/mol. The minimum Gasteiger partial charge on any atom is -0.496 e. The van der Waals surface area contributed by atoms with E-state index >= 15 is 0 Å². The maximum absolute atomic E-state index is 12.1. The molecule has 1 aliphatic heterocycles. The summed E-state index contributed by atoms with van der Waals surface area (Å²) in [5.41, 5.74) is 1.26. The van der Waals surface area contributed by atoms with Crippen molar-refractivity contribution in [2.75, 3.05) is 41.0 Å². The van der Waals surface area contributed by atoms with Crippen molar-refractivity contribution >= 4 is 17.9 Å². The van der Waals surface area contributed by atoms with E-state index < -0.39 is 5.97 Å². The zero-order valence-corrected chi connectivity index (χ0v) is 17.0. The summed E-state index contributed by atoms with van der Waals surface area (Å²) in [4.78, 5) is 30.4. The lowest BCUT2D eigenvalue weighted by Crippen LogP contribution is -2.48. The van der Waals surface area contributed by atoms with Crippen LogP contribution >= 0.6 is 0 Å². The standard InChI is InChI=1S/C20H29N3O5/c1-5-28-18(24)15-7-6-10-23(13-15)20(21-2)22-12-14-8-9-17(26-3)16(11-14)19(25)27-4/h8-9,11,15H,5-7,10,12-13H2,1-4H3,(H,21,22). The van der Waals surface area contributed by atoms with Crippen molar-refractivity contribution in [1.29, 1.82) is 0 Å². The maximum Gasteiger partial charge on any atom is 0.341 e. The number of nitrogens with one attached hydrogen (secondary N) is 1. The Kier molecular flexibility index (Phi) is 8.10. The number of carbonyl (C=O) groups excluding carboxylic acids is 2. The number of aliphatic imine (C=N–C) groups is 1. The molecule has 8 nitrogen and oxygen atoms in total. The number of piperidine rings is 1. The van der Waals surface area contributed by atoms with Gasteiger partial charge in [0.05, 0.1) is 26.7 Å². The SMILES string of the molecule is CCOC(=O)C1CCCN(C(=NC)NCc2ccc(OC)c(C(=O)OC)c2)C1. The molecule has 154 valence electrons. The molecule has 1 fully saturated rings. The van der Waals surface area contributed by atoms with Gasteiger partial charge in [-0.1, -0.05) is 6.07 Å². The third-order valence-electron chi connectivity index (χ3n) is 4.67. The maximum atomic E-state index is 12.1. The average molecular weight is 391 g/mol. The van der Waals surface area contributed by atoms with Crippen molar-refractivity contribution in [2.45, 2.75) is 26.3 Å². The molecule has 1 aromatic rings. The van der Waals surface area contributed by atoms with Gasteiger partial charge in [-0.05, 0) is 37.5 Å². The van der Waals surface area contributed by atoms with Gasteiger partial charge in [-0.25, -0.2) is 4.79 Å². The highest BCUT2D eigenvalue weighted by atomic mass is 16.5. The normalized spacial score (nSPS) is 17.1. The van der Waals surface area contributed by atoms with Crippen LogP contribution < -0.4 is 10.1 Å². The van der Waals surface area contributed by atoms with Gasteiger partial charge in [-0.2, -0.15) is 0 Å². The van der Waals surface area contributed by atoms with E-state index in [9.17, 15) is 9.59 Å². The number of carbonyl (C=O) groups is 2. The van der Waals surface area contributed by atoms with E-state index in [1.165, 1.54) is 14.2 Å². The zero-order valence-electron chi connectivity index (χ0n) is 17.0. The summed E-state index contributed by atoms with van der Waals surface area (Å²) in [5.74, 6) is 0.439. The molecule has 0 spiro atoms. The second-order valence-corrected chi connectivity index (χ2v) is 6.46. The molecular weight excluding hydrogens is 362 g/mol. The molecule has 0 bridgehead atoms. The van der Waals surface area contributed by atoms with Crippen molar-refractivity contribution in [3.05, 3.63) is 29.3 Å². The van der Waals surface area contributed by atoms with Crippen LogP contribution in [0, 0.1) is 5.92 Å². The Morgan fingerprint density at radius 2 is 2.11 bits per heavy atom. The molecule has 0 aromatic heterocycles. The summed E-state index contributed by atoms with van der Waals surface area (Å²) < 4.78 is 15.2. The van der Waals surface area contributed by atoms with Gasteiger partial charge in [0.15, 0.2) is 5.96 Å². The van der Waals surface area contributed by atoms with Crippen LogP contribution in [0.2, 0.25) is 0 Å². The molecule has 1 aliphatic rings. The number of ether oxygens (including phenoxy) is 3. The second kappa shape index (κ2) is 10.5. The van der Waals surface area contributed by atoms with Crippen molar-refractivity contribution in [1.82, 2.24) is 10.2 Å². The van der Waals surface area contributed by atoms with E-state index in [-0.39, 0.29) is 11.9 Å². The first kappa shape index (κ1) is 21.5. The Morgan fingerprint density at radius 1 is 1.32 bits per heavy atom. The molecule has 1 saturated heterocycles. The van der Waals surface area contributed by atoms with E-state index in [4.69, 9.17) is 14.2 Å². The molecule has 28 heavy (non-hydrogen) atoms. The summed E-state index contributed by atoms with van der Waals surface area (Å²) >= 11 is 0. The number of hydrogen-bond donors (Lipinski definition) is 1. The van der Waals surface area contributed by atoms with Crippen LogP contribution in [0.4, 0.5) is 0 Å². The molecule has 0 radical (unpaired) electrons. The summed E-state index contributed by atoms with van der Waals surface area (Å²) in [7, 11) is 4.56. The Hall–Kier alpha value is -2.77. The van der Waals surface area contributed by atoms with Crippen molar-refractivity contribution in [3.8, 4) is 5.75 Å². The first-order chi connectivity index (χ1) is 13.5. The molecule has 8 heteroatoms. The highest BCUT2D eigenvalue weighted by Crippen LogP contribution is 2.21. The topological polar surface area (TPSA) is 89.5 Å². The predicted octanol–water partition coefficient (Wildman–Crippen LogP) is 1.83. The molecule has 1 heterocycles. The number of nitrogens with zero attached hydrogens (tertiary/aromatic N) is 2.